The summed E-state index contributed by atoms with van der Waals surface area (Å²) < 4.78 is 5.94. The van der Waals surface area contributed by atoms with Gasteiger partial charge in [-0.05, 0) is 49.7 Å². The number of hydrogen-bond acceptors (Lipinski definition) is 4. The fourth-order valence-corrected chi connectivity index (χ4v) is 4.17. The van der Waals surface area contributed by atoms with Crippen molar-refractivity contribution in [2.24, 2.45) is 0 Å². The Morgan fingerprint density at radius 2 is 2.12 bits per heavy atom. The first-order valence-corrected chi connectivity index (χ1v) is 9.45. The van der Waals surface area contributed by atoms with Crippen LogP contribution in [0.1, 0.15) is 12.8 Å². The molecule has 0 saturated carbocycles. The Labute approximate surface area is 156 Å². The molecule has 1 fully saturated rings. The fraction of sp³-hybridized carbons (Fsp3) is 0.316. The molecule has 0 amide bonds. The van der Waals surface area contributed by atoms with Gasteiger partial charge in [-0.25, -0.2) is 0 Å². The normalized spacial score (nSPS) is 17.6. The highest BCUT2D eigenvalue weighted by molar-refractivity contribution is 7.99. The summed E-state index contributed by atoms with van der Waals surface area (Å²) in [5.74, 6) is 0.0629. The van der Waals surface area contributed by atoms with Crippen LogP contribution in [0, 0.1) is 0 Å². The number of para-hydroxylation sites is 1. The van der Waals surface area contributed by atoms with Crippen LogP contribution >= 0.6 is 23.4 Å². The van der Waals surface area contributed by atoms with Crippen LogP contribution in [0.15, 0.2) is 58.3 Å². The van der Waals surface area contributed by atoms with Crippen LogP contribution in [-0.4, -0.2) is 41.7 Å². The smallest absolute Gasteiger partial charge is 0.320 e. The van der Waals surface area contributed by atoms with E-state index in [0.717, 1.165) is 34.9 Å². The zero-order chi connectivity index (χ0) is 17.6. The third-order valence-electron chi connectivity index (χ3n) is 4.16. The van der Waals surface area contributed by atoms with Gasteiger partial charge in [0.15, 0.2) is 0 Å². The van der Waals surface area contributed by atoms with E-state index in [9.17, 15) is 9.90 Å². The molecule has 6 heteroatoms. The molecular weight excluding hydrogens is 358 g/mol. The molecule has 2 aromatic rings. The van der Waals surface area contributed by atoms with Crippen molar-refractivity contribution in [2.45, 2.75) is 28.7 Å². The molecule has 1 aliphatic heterocycles. The van der Waals surface area contributed by atoms with Crippen molar-refractivity contribution < 1.29 is 14.6 Å². The van der Waals surface area contributed by atoms with E-state index in [1.54, 1.807) is 11.8 Å². The van der Waals surface area contributed by atoms with Gasteiger partial charge in [-0.2, -0.15) is 0 Å². The second-order valence-electron chi connectivity index (χ2n) is 5.89. The van der Waals surface area contributed by atoms with E-state index >= 15 is 0 Å². The summed E-state index contributed by atoms with van der Waals surface area (Å²) in [6, 6.07) is 15.2. The van der Waals surface area contributed by atoms with Crippen molar-refractivity contribution in [3.8, 4) is 5.75 Å². The molecule has 25 heavy (non-hydrogen) atoms. The van der Waals surface area contributed by atoms with Gasteiger partial charge in [-0.15, -0.1) is 0 Å². The van der Waals surface area contributed by atoms with Crippen molar-refractivity contribution in [1.29, 1.82) is 0 Å². The molecular formula is C19H20ClNO3S. The fourth-order valence-electron chi connectivity index (χ4n) is 2.96. The predicted molar refractivity (Wildman–Crippen MR) is 99.7 cm³/mol. The summed E-state index contributed by atoms with van der Waals surface area (Å²) in [4.78, 5) is 15.3. The summed E-state index contributed by atoms with van der Waals surface area (Å²) in [5, 5.41) is 9.94. The van der Waals surface area contributed by atoms with Crippen LogP contribution in [-0.2, 0) is 4.79 Å². The first kappa shape index (κ1) is 18.1. The maximum Gasteiger partial charge on any atom is 0.320 e. The van der Waals surface area contributed by atoms with Crippen molar-refractivity contribution >= 4 is 29.3 Å². The number of carbonyl (C=O) groups is 1. The molecule has 3 rings (SSSR count). The lowest BCUT2D eigenvalue weighted by molar-refractivity contribution is -0.142. The summed E-state index contributed by atoms with van der Waals surface area (Å²) in [7, 11) is 0. The van der Waals surface area contributed by atoms with Gasteiger partial charge in [0.1, 0.15) is 18.4 Å². The van der Waals surface area contributed by atoms with Gasteiger partial charge in [0, 0.05) is 16.5 Å². The van der Waals surface area contributed by atoms with E-state index < -0.39 is 5.97 Å². The Bertz CT molecular complexity index is 740. The first-order chi connectivity index (χ1) is 12.1. The van der Waals surface area contributed by atoms with Crippen molar-refractivity contribution in [3.05, 3.63) is 53.6 Å². The van der Waals surface area contributed by atoms with E-state index in [0.29, 0.717) is 18.2 Å². The number of benzene rings is 2. The zero-order valence-electron chi connectivity index (χ0n) is 13.7. The summed E-state index contributed by atoms with van der Waals surface area (Å²) in [6.45, 7) is 1.91. The highest BCUT2D eigenvalue weighted by Crippen LogP contribution is 2.35. The van der Waals surface area contributed by atoms with Gasteiger partial charge in [-0.1, -0.05) is 41.6 Å². The number of nitrogens with zero attached hydrogens (tertiary/aromatic N) is 1. The summed E-state index contributed by atoms with van der Waals surface area (Å²) in [6.07, 6.45) is 1.65. The first-order valence-electron chi connectivity index (χ1n) is 8.25. The Morgan fingerprint density at radius 3 is 2.92 bits per heavy atom. The monoisotopic (exact) mass is 377 g/mol. The molecule has 1 aliphatic rings. The molecule has 1 saturated heterocycles. The molecule has 1 heterocycles. The van der Waals surface area contributed by atoms with Gasteiger partial charge in [0.25, 0.3) is 0 Å². The number of halogens is 1. The number of carboxylic acid groups (broad SMARTS) is 1. The predicted octanol–water partition coefficient (Wildman–Crippen LogP) is 4.42. The van der Waals surface area contributed by atoms with Crippen LogP contribution in [0.25, 0.3) is 0 Å². The molecule has 0 aromatic heterocycles. The molecule has 132 valence electrons. The molecule has 0 radical (unpaired) electrons. The molecule has 0 spiro atoms. The molecule has 0 bridgehead atoms. The molecule has 0 unspecified atom stereocenters. The van der Waals surface area contributed by atoms with Crippen molar-refractivity contribution in [2.75, 3.05) is 19.7 Å². The van der Waals surface area contributed by atoms with Crippen molar-refractivity contribution in [1.82, 2.24) is 4.90 Å². The Hall–Kier alpha value is -1.69. The van der Waals surface area contributed by atoms with Crippen LogP contribution in [0.3, 0.4) is 0 Å². The van der Waals surface area contributed by atoms with E-state index in [1.807, 2.05) is 53.4 Å². The minimum Gasteiger partial charge on any atom is -0.491 e. The standard InChI is InChI=1S/C19H20ClNO3S/c20-14-5-3-6-15(13-14)25-18-9-2-1-8-17(18)24-12-11-21-10-4-7-16(21)19(22)23/h1-3,5-6,8-9,13,16H,4,7,10-12H2,(H,22,23)/t16-/m0/s1. The highest BCUT2D eigenvalue weighted by Gasteiger charge is 2.29. The average Bonchev–Trinajstić information content (AvgIpc) is 3.05. The summed E-state index contributed by atoms with van der Waals surface area (Å²) in [5.41, 5.74) is 0. The summed E-state index contributed by atoms with van der Waals surface area (Å²) >= 11 is 7.65. The Morgan fingerprint density at radius 1 is 1.28 bits per heavy atom. The number of ether oxygens (including phenoxy) is 1. The second kappa shape index (κ2) is 8.61. The zero-order valence-corrected chi connectivity index (χ0v) is 15.3. The second-order valence-corrected chi connectivity index (χ2v) is 7.44. The molecule has 0 aliphatic carbocycles. The van der Waals surface area contributed by atoms with Gasteiger partial charge in [0.05, 0.1) is 4.90 Å². The molecule has 1 N–H and O–H groups in total. The van der Waals surface area contributed by atoms with Crippen LogP contribution in [0.5, 0.6) is 5.75 Å². The topological polar surface area (TPSA) is 49.8 Å². The van der Waals surface area contributed by atoms with Gasteiger partial charge < -0.3 is 9.84 Å². The maximum absolute atomic E-state index is 11.2. The lowest BCUT2D eigenvalue weighted by atomic mass is 10.2. The Balaban J connectivity index is 1.60. The van der Waals surface area contributed by atoms with Crippen LogP contribution in [0.2, 0.25) is 5.02 Å². The van der Waals surface area contributed by atoms with E-state index in [-0.39, 0.29) is 6.04 Å². The van der Waals surface area contributed by atoms with E-state index in [1.165, 1.54) is 0 Å². The quantitative estimate of drug-likeness (QED) is 0.774. The number of aliphatic carboxylic acids is 1. The van der Waals surface area contributed by atoms with Gasteiger partial charge in [0.2, 0.25) is 0 Å². The number of hydrogen-bond donors (Lipinski definition) is 1. The largest absolute Gasteiger partial charge is 0.491 e. The molecule has 1 atom stereocenters. The number of carboxylic acids is 1. The highest BCUT2D eigenvalue weighted by atomic mass is 35.5. The lowest BCUT2D eigenvalue weighted by Gasteiger charge is -2.21. The van der Waals surface area contributed by atoms with Crippen LogP contribution < -0.4 is 4.74 Å². The Kier molecular flexibility index (Phi) is 6.24. The average molecular weight is 378 g/mol. The molecule has 2 aromatic carbocycles. The number of likely N-dealkylation sites (tertiary alicyclic amines) is 1. The lowest BCUT2D eigenvalue weighted by Crippen LogP contribution is -2.38. The minimum atomic E-state index is -0.741. The maximum atomic E-state index is 11.2. The third-order valence-corrected chi connectivity index (χ3v) is 5.44. The minimum absolute atomic E-state index is 0.375. The van der Waals surface area contributed by atoms with Crippen LogP contribution in [0.4, 0.5) is 0 Å². The third kappa shape index (κ3) is 4.91. The van der Waals surface area contributed by atoms with Gasteiger partial charge >= 0.3 is 5.97 Å². The SMILES string of the molecule is O=C(O)[C@@H]1CCCN1CCOc1ccccc1Sc1cccc(Cl)c1. The van der Waals surface area contributed by atoms with Gasteiger partial charge in [-0.3, -0.25) is 9.69 Å². The molecule has 4 nitrogen and oxygen atoms in total. The van der Waals surface area contributed by atoms with E-state index in [2.05, 4.69) is 0 Å². The number of rotatable bonds is 7. The van der Waals surface area contributed by atoms with E-state index in [4.69, 9.17) is 16.3 Å². The van der Waals surface area contributed by atoms with Crippen molar-refractivity contribution in [3.63, 3.8) is 0 Å².